The van der Waals surface area contributed by atoms with Crippen molar-refractivity contribution in [2.24, 2.45) is 0 Å². The number of nitrogens with one attached hydrogen (secondary N) is 1. The van der Waals surface area contributed by atoms with Crippen LogP contribution in [0.25, 0.3) is 0 Å². The van der Waals surface area contributed by atoms with E-state index in [2.05, 4.69) is 26.8 Å². The first kappa shape index (κ1) is 12.4. The molecule has 1 aromatic heterocycles. The van der Waals surface area contributed by atoms with Crippen molar-refractivity contribution in [1.82, 2.24) is 25.5 Å². The van der Waals surface area contributed by atoms with E-state index in [9.17, 15) is 0 Å². The Bertz CT molecular complexity index is 377. The van der Waals surface area contributed by atoms with Gasteiger partial charge in [-0.2, -0.15) is 0 Å². The number of hydrogen-bond acceptors (Lipinski definition) is 5. The quantitative estimate of drug-likeness (QED) is 0.466. The molecule has 0 aliphatic heterocycles. The molecule has 1 aliphatic carbocycles. The summed E-state index contributed by atoms with van der Waals surface area (Å²) < 4.78 is 1.98. The van der Waals surface area contributed by atoms with Gasteiger partial charge in [-0.05, 0) is 23.3 Å². The maximum absolute atomic E-state index is 5.16. The molecule has 92 valence electrons. The summed E-state index contributed by atoms with van der Waals surface area (Å²) in [5.41, 5.74) is 0. The molecule has 0 amide bonds. The number of tetrazole rings is 1. The highest BCUT2D eigenvalue weighted by Crippen LogP contribution is 2.31. The van der Waals surface area contributed by atoms with E-state index in [0.717, 1.165) is 17.5 Å². The zero-order valence-corrected chi connectivity index (χ0v) is 10.6. The van der Waals surface area contributed by atoms with Crippen LogP contribution in [0.4, 0.5) is 0 Å². The monoisotopic (exact) mass is 251 g/mol. The largest absolute Gasteiger partial charge is 0.305 e. The summed E-state index contributed by atoms with van der Waals surface area (Å²) in [7, 11) is 0. The van der Waals surface area contributed by atoms with Crippen molar-refractivity contribution in [3.63, 3.8) is 0 Å². The summed E-state index contributed by atoms with van der Waals surface area (Å²) in [5, 5.41) is 16.0. The summed E-state index contributed by atoms with van der Waals surface area (Å²) in [5.74, 6) is 3.49. The molecule has 0 spiro atoms. The lowest BCUT2D eigenvalue weighted by molar-refractivity contribution is 0.423. The van der Waals surface area contributed by atoms with Gasteiger partial charge < -0.3 is 5.32 Å². The Kier molecular flexibility index (Phi) is 4.83. The van der Waals surface area contributed by atoms with Gasteiger partial charge in [-0.15, -0.1) is 11.5 Å². The molecule has 0 saturated heterocycles. The van der Waals surface area contributed by atoms with Gasteiger partial charge in [0.2, 0.25) is 5.16 Å². The van der Waals surface area contributed by atoms with Gasteiger partial charge in [0, 0.05) is 12.3 Å². The highest BCUT2D eigenvalue weighted by atomic mass is 32.2. The minimum Gasteiger partial charge on any atom is -0.305 e. The number of hydrogen-bond donors (Lipinski definition) is 1. The molecule has 1 saturated carbocycles. The molecule has 2 rings (SSSR count). The van der Waals surface area contributed by atoms with Gasteiger partial charge in [-0.3, -0.25) is 0 Å². The summed E-state index contributed by atoms with van der Waals surface area (Å²) in [4.78, 5) is 0. The molecule has 1 aromatic rings. The second-order valence-electron chi connectivity index (χ2n) is 4.07. The van der Waals surface area contributed by atoms with Crippen molar-refractivity contribution < 1.29 is 0 Å². The molecule has 5 nitrogen and oxygen atoms in total. The molecule has 0 unspecified atom stereocenters. The van der Waals surface area contributed by atoms with Crippen molar-refractivity contribution in [1.29, 1.82) is 0 Å². The fraction of sp³-hybridized carbons (Fsp3) is 0.727. The fourth-order valence-corrected chi connectivity index (χ4v) is 2.87. The standard InChI is InChI=1S/C11H17N5S/c1-2-7-12-8-9-17-11-13-14-15-16(11)10-5-3-4-6-10/h1,10,12H,3-9H2. The molecule has 0 bridgehead atoms. The minimum atomic E-state index is 0.506. The van der Waals surface area contributed by atoms with Crippen LogP contribution in [0.15, 0.2) is 5.16 Å². The number of terminal acetylenes is 1. The third kappa shape index (κ3) is 3.45. The van der Waals surface area contributed by atoms with Crippen molar-refractivity contribution in [3.8, 4) is 12.3 Å². The average molecular weight is 251 g/mol. The molecular weight excluding hydrogens is 234 g/mol. The molecule has 0 aromatic carbocycles. The normalized spacial score (nSPS) is 16.2. The molecule has 1 aliphatic rings. The third-order valence-corrected chi connectivity index (χ3v) is 3.81. The zero-order valence-electron chi connectivity index (χ0n) is 9.80. The Hall–Kier alpha value is -1.06. The Balaban J connectivity index is 1.80. The van der Waals surface area contributed by atoms with Crippen LogP contribution in [0.2, 0.25) is 0 Å². The SMILES string of the molecule is C#CCNCCSc1nnnn1C1CCCC1. The predicted octanol–water partition coefficient (Wildman–Crippen LogP) is 1.10. The van der Waals surface area contributed by atoms with Crippen molar-refractivity contribution in [2.45, 2.75) is 36.9 Å². The first-order chi connectivity index (χ1) is 8.42. The lowest BCUT2D eigenvalue weighted by Crippen LogP contribution is -2.17. The van der Waals surface area contributed by atoms with Gasteiger partial charge in [0.15, 0.2) is 0 Å². The molecule has 17 heavy (non-hydrogen) atoms. The number of aromatic nitrogens is 4. The fourth-order valence-electron chi connectivity index (χ4n) is 2.03. The summed E-state index contributed by atoms with van der Waals surface area (Å²) >= 11 is 1.69. The Morgan fingerprint density at radius 2 is 2.29 bits per heavy atom. The third-order valence-electron chi connectivity index (χ3n) is 2.87. The summed E-state index contributed by atoms with van der Waals surface area (Å²) in [6.07, 6.45) is 10.1. The van der Waals surface area contributed by atoms with E-state index in [4.69, 9.17) is 6.42 Å². The lowest BCUT2D eigenvalue weighted by atomic mass is 10.3. The predicted molar refractivity (Wildman–Crippen MR) is 67.7 cm³/mol. The van der Waals surface area contributed by atoms with Gasteiger partial charge in [0.1, 0.15) is 0 Å². The van der Waals surface area contributed by atoms with Crippen LogP contribution in [-0.2, 0) is 0 Å². The highest BCUT2D eigenvalue weighted by molar-refractivity contribution is 7.99. The molecule has 0 atom stereocenters. The van der Waals surface area contributed by atoms with Crippen LogP contribution < -0.4 is 5.32 Å². The Morgan fingerprint density at radius 1 is 1.47 bits per heavy atom. The van der Waals surface area contributed by atoms with Crippen LogP contribution in [-0.4, -0.2) is 39.0 Å². The van der Waals surface area contributed by atoms with Gasteiger partial charge >= 0.3 is 0 Å². The molecular formula is C11H17N5S. The van der Waals surface area contributed by atoms with E-state index in [1.807, 2.05) is 4.68 Å². The molecule has 1 N–H and O–H groups in total. The average Bonchev–Trinajstić information content (AvgIpc) is 2.98. The molecule has 6 heteroatoms. The van der Waals surface area contributed by atoms with Crippen LogP contribution >= 0.6 is 11.8 Å². The van der Waals surface area contributed by atoms with Crippen molar-refractivity contribution >= 4 is 11.8 Å². The maximum atomic E-state index is 5.16. The zero-order chi connectivity index (χ0) is 11.9. The molecule has 0 radical (unpaired) electrons. The highest BCUT2D eigenvalue weighted by Gasteiger charge is 2.21. The summed E-state index contributed by atoms with van der Waals surface area (Å²) in [6, 6.07) is 0.506. The van der Waals surface area contributed by atoms with Crippen LogP contribution in [0.3, 0.4) is 0 Å². The Labute approximate surface area is 106 Å². The smallest absolute Gasteiger partial charge is 0.209 e. The van der Waals surface area contributed by atoms with Gasteiger partial charge in [-0.25, -0.2) is 4.68 Å². The van der Waals surface area contributed by atoms with Crippen LogP contribution in [0, 0.1) is 12.3 Å². The number of nitrogens with zero attached hydrogens (tertiary/aromatic N) is 4. The van der Waals surface area contributed by atoms with Gasteiger partial charge in [0.05, 0.1) is 12.6 Å². The van der Waals surface area contributed by atoms with Gasteiger partial charge in [-0.1, -0.05) is 30.5 Å². The molecule has 1 fully saturated rings. The van der Waals surface area contributed by atoms with E-state index in [-0.39, 0.29) is 0 Å². The first-order valence-corrected chi connectivity index (χ1v) is 6.95. The number of thioether (sulfide) groups is 1. The van der Waals surface area contributed by atoms with E-state index >= 15 is 0 Å². The van der Waals surface area contributed by atoms with E-state index in [1.165, 1.54) is 25.7 Å². The van der Waals surface area contributed by atoms with E-state index in [1.54, 1.807) is 11.8 Å². The number of rotatable bonds is 6. The second-order valence-corrected chi connectivity index (χ2v) is 5.14. The second kappa shape index (κ2) is 6.62. The van der Waals surface area contributed by atoms with E-state index < -0.39 is 0 Å². The van der Waals surface area contributed by atoms with Crippen molar-refractivity contribution in [2.75, 3.05) is 18.8 Å². The van der Waals surface area contributed by atoms with E-state index in [0.29, 0.717) is 12.6 Å². The summed E-state index contributed by atoms with van der Waals surface area (Å²) in [6.45, 7) is 1.50. The van der Waals surface area contributed by atoms with Crippen LogP contribution in [0.5, 0.6) is 0 Å². The van der Waals surface area contributed by atoms with Crippen molar-refractivity contribution in [3.05, 3.63) is 0 Å². The van der Waals surface area contributed by atoms with Gasteiger partial charge in [0.25, 0.3) is 0 Å². The Morgan fingerprint density at radius 3 is 3.06 bits per heavy atom. The first-order valence-electron chi connectivity index (χ1n) is 5.96. The van der Waals surface area contributed by atoms with Crippen LogP contribution in [0.1, 0.15) is 31.7 Å². The topological polar surface area (TPSA) is 55.6 Å². The minimum absolute atomic E-state index is 0.506. The molecule has 1 heterocycles. The lowest BCUT2D eigenvalue weighted by Gasteiger charge is -2.10. The maximum Gasteiger partial charge on any atom is 0.209 e.